The lowest BCUT2D eigenvalue weighted by Crippen LogP contribution is -2.33. The smallest absolute Gasteiger partial charge is 0.278 e. The molecule has 3 aromatic rings. The highest BCUT2D eigenvalue weighted by Gasteiger charge is 2.37. The minimum atomic E-state index is -0.566. The fourth-order valence-electron chi connectivity index (χ4n) is 3.36. The second-order valence-electron chi connectivity index (χ2n) is 7.65. The highest BCUT2D eigenvalue weighted by atomic mass is 35.5. The van der Waals surface area contributed by atoms with Gasteiger partial charge in [-0.15, -0.1) is 0 Å². The summed E-state index contributed by atoms with van der Waals surface area (Å²) in [7, 11) is 0. The third-order valence-electron chi connectivity index (χ3n) is 5.23. The lowest BCUT2D eigenvalue weighted by Gasteiger charge is -2.15. The van der Waals surface area contributed by atoms with Crippen molar-refractivity contribution in [1.29, 1.82) is 0 Å². The van der Waals surface area contributed by atoms with E-state index in [0.29, 0.717) is 26.3 Å². The topological polar surface area (TPSA) is 78.5 Å². The second kappa shape index (κ2) is 10.7. The molecule has 0 aromatic heterocycles. The van der Waals surface area contributed by atoms with Crippen molar-refractivity contribution in [2.45, 2.75) is 13.1 Å². The summed E-state index contributed by atoms with van der Waals surface area (Å²) in [6.45, 7) is 0.312. The number of nitrogens with zero attached hydrogens (tertiary/aromatic N) is 1. The Kier molecular flexibility index (Phi) is 7.67. The van der Waals surface area contributed by atoms with Gasteiger partial charge in [0.15, 0.2) is 0 Å². The summed E-state index contributed by atoms with van der Waals surface area (Å²) in [6, 6.07) is 18.4. The number of carbonyl (C=O) groups excluding carboxylic acids is 3. The standard InChI is InChI=1S/C25H17Cl4N3O3/c26-17-7-3-15(4-8-17)13-32-24(34)21(29)22(25(32)35)30-12-14-1-5-16(6-2-14)23(33)31-18-9-10-19(27)20(28)11-18/h1-11,30H,12-13H2,(H,31,33). The van der Waals surface area contributed by atoms with Gasteiger partial charge < -0.3 is 10.6 Å². The molecule has 3 aromatic carbocycles. The largest absolute Gasteiger partial charge is 0.375 e. The van der Waals surface area contributed by atoms with Gasteiger partial charge in [0.1, 0.15) is 10.7 Å². The van der Waals surface area contributed by atoms with Crippen LogP contribution in [0.2, 0.25) is 15.1 Å². The molecule has 4 rings (SSSR count). The Labute approximate surface area is 221 Å². The zero-order chi connectivity index (χ0) is 25.1. The Hall–Kier alpha value is -3.03. The van der Waals surface area contributed by atoms with Crippen molar-refractivity contribution in [3.05, 3.63) is 109 Å². The van der Waals surface area contributed by atoms with Crippen LogP contribution < -0.4 is 10.6 Å². The predicted molar refractivity (Wildman–Crippen MR) is 138 cm³/mol. The molecule has 0 bridgehead atoms. The first kappa shape index (κ1) is 25.1. The van der Waals surface area contributed by atoms with Crippen molar-refractivity contribution < 1.29 is 14.4 Å². The minimum absolute atomic E-state index is 0.0343. The van der Waals surface area contributed by atoms with E-state index in [1.165, 1.54) is 0 Å². The number of hydrogen-bond donors (Lipinski definition) is 2. The number of nitrogens with one attached hydrogen (secondary N) is 2. The van der Waals surface area contributed by atoms with Gasteiger partial charge >= 0.3 is 0 Å². The molecule has 0 radical (unpaired) electrons. The van der Waals surface area contributed by atoms with E-state index < -0.39 is 11.8 Å². The van der Waals surface area contributed by atoms with Gasteiger partial charge in [-0.2, -0.15) is 0 Å². The summed E-state index contributed by atoms with van der Waals surface area (Å²) in [5.41, 5.74) is 2.51. The van der Waals surface area contributed by atoms with E-state index in [0.717, 1.165) is 16.0 Å². The first-order chi connectivity index (χ1) is 16.7. The number of amides is 3. The Morgan fingerprint density at radius 3 is 2.09 bits per heavy atom. The molecular formula is C25H17Cl4N3O3. The van der Waals surface area contributed by atoms with Gasteiger partial charge in [0, 0.05) is 22.8 Å². The molecule has 6 nitrogen and oxygen atoms in total. The fraction of sp³-hybridized carbons (Fsp3) is 0.0800. The Balaban J connectivity index is 1.37. The maximum absolute atomic E-state index is 12.8. The number of imide groups is 1. The molecule has 2 N–H and O–H groups in total. The van der Waals surface area contributed by atoms with Crippen LogP contribution in [0.15, 0.2) is 77.5 Å². The molecule has 3 amide bonds. The molecule has 0 saturated carbocycles. The third kappa shape index (κ3) is 5.80. The molecule has 1 aliphatic rings. The average molecular weight is 549 g/mol. The van der Waals surface area contributed by atoms with Crippen molar-refractivity contribution in [2.24, 2.45) is 0 Å². The molecule has 0 aliphatic carbocycles. The van der Waals surface area contributed by atoms with Gasteiger partial charge in [0.05, 0.1) is 16.6 Å². The van der Waals surface area contributed by atoms with E-state index >= 15 is 0 Å². The summed E-state index contributed by atoms with van der Waals surface area (Å²) in [6.07, 6.45) is 0. The van der Waals surface area contributed by atoms with Crippen molar-refractivity contribution >= 4 is 69.8 Å². The van der Waals surface area contributed by atoms with E-state index in [4.69, 9.17) is 46.4 Å². The van der Waals surface area contributed by atoms with Crippen LogP contribution in [-0.4, -0.2) is 22.6 Å². The predicted octanol–water partition coefficient (Wildman–Crippen LogP) is 6.01. The molecule has 0 fully saturated rings. The SMILES string of the molecule is O=C(Nc1ccc(Cl)c(Cl)c1)c1ccc(CNC2=C(Cl)C(=O)N(Cc3ccc(Cl)cc3)C2=O)cc1. The summed E-state index contributed by atoms with van der Waals surface area (Å²) in [5.74, 6) is -1.39. The Morgan fingerprint density at radius 2 is 1.43 bits per heavy atom. The van der Waals surface area contributed by atoms with Gasteiger partial charge in [0.2, 0.25) is 0 Å². The molecule has 0 atom stereocenters. The maximum atomic E-state index is 12.8. The van der Waals surface area contributed by atoms with Crippen LogP contribution in [0.25, 0.3) is 0 Å². The normalized spacial score (nSPS) is 13.4. The average Bonchev–Trinajstić information content (AvgIpc) is 3.04. The summed E-state index contributed by atoms with van der Waals surface area (Å²) in [5, 5.41) is 6.82. The lowest BCUT2D eigenvalue weighted by atomic mass is 10.1. The van der Waals surface area contributed by atoms with Crippen molar-refractivity contribution in [3.8, 4) is 0 Å². The van der Waals surface area contributed by atoms with Gasteiger partial charge in [0.25, 0.3) is 17.7 Å². The number of rotatable bonds is 7. The van der Waals surface area contributed by atoms with Crippen LogP contribution in [0.4, 0.5) is 5.69 Å². The summed E-state index contributed by atoms with van der Waals surface area (Å²) in [4.78, 5) is 38.9. The van der Waals surface area contributed by atoms with E-state index in [1.54, 1.807) is 66.7 Å². The number of anilines is 1. The van der Waals surface area contributed by atoms with Crippen LogP contribution in [-0.2, 0) is 22.7 Å². The summed E-state index contributed by atoms with van der Waals surface area (Å²) >= 11 is 23.9. The Bertz CT molecular complexity index is 1340. The van der Waals surface area contributed by atoms with Crippen molar-refractivity contribution in [1.82, 2.24) is 10.2 Å². The first-order valence-electron chi connectivity index (χ1n) is 10.3. The fourth-order valence-corrected chi connectivity index (χ4v) is 4.03. The quantitative estimate of drug-likeness (QED) is 0.354. The maximum Gasteiger partial charge on any atom is 0.278 e. The monoisotopic (exact) mass is 547 g/mol. The molecule has 0 unspecified atom stereocenters. The van der Waals surface area contributed by atoms with Crippen molar-refractivity contribution in [3.63, 3.8) is 0 Å². The first-order valence-corrected chi connectivity index (χ1v) is 11.8. The molecule has 178 valence electrons. The zero-order valence-electron chi connectivity index (χ0n) is 17.9. The van der Waals surface area contributed by atoms with Crippen LogP contribution >= 0.6 is 46.4 Å². The van der Waals surface area contributed by atoms with Gasteiger partial charge in [-0.1, -0.05) is 70.7 Å². The summed E-state index contributed by atoms with van der Waals surface area (Å²) < 4.78 is 0. The molecule has 35 heavy (non-hydrogen) atoms. The zero-order valence-corrected chi connectivity index (χ0v) is 21.0. The van der Waals surface area contributed by atoms with Crippen LogP contribution in [0, 0.1) is 0 Å². The lowest BCUT2D eigenvalue weighted by molar-refractivity contribution is -0.138. The van der Waals surface area contributed by atoms with Crippen LogP contribution in [0.3, 0.4) is 0 Å². The molecule has 1 heterocycles. The van der Waals surface area contributed by atoms with E-state index in [2.05, 4.69) is 10.6 Å². The van der Waals surface area contributed by atoms with Gasteiger partial charge in [-0.3, -0.25) is 19.3 Å². The third-order valence-corrected chi connectivity index (χ3v) is 6.57. The minimum Gasteiger partial charge on any atom is -0.375 e. The number of carbonyl (C=O) groups is 3. The molecule has 0 spiro atoms. The molecule has 0 saturated heterocycles. The van der Waals surface area contributed by atoms with Crippen LogP contribution in [0.5, 0.6) is 0 Å². The van der Waals surface area contributed by atoms with Gasteiger partial charge in [-0.05, 0) is 53.6 Å². The van der Waals surface area contributed by atoms with Crippen molar-refractivity contribution in [2.75, 3.05) is 5.32 Å². The highest BCUT2D eigenvalue weighted by Crippen LogP contribution is 2.26. The second-order valence-corrected chi connectivity index (χ2v) is 9.27. The van der Waals surface area contributed by atoms with E-state index in [1.807, 2.05) is 0 Å². The van der Waals surface area contributed by atoms with Gasteiger partial charge in [-0.25, -0.2) is 0 Å². The molecule has 10 heteroatoms. The Morgan fingerprint density at radius 1 is 0.771 bits per heavy atom. The van der Waals surface area contributed by atoms with Crippen LogP contribution in [0.1, 0.15) is 21.5 Å². The molecule has 1 aliphatic heterocycles. The number of benzene rings is 3. The van der Waals surface area contributed by atoms with E-state index in [-0.39, 0.29) is 29.7 Å². The number of hydrogen-bond acceptors (Lipinski definition) is 4. The highest BCUT2D eigenvalue weighted by molar-refractivity contribution is 6.47. The van der Waals surface area contributed by atoms with E-state index in [9.17, 15) is 14.4 Å². The molecular weight excluding hydrogens is 532 g/mol. The number of halogens is 4.